The second-order valence-corrected chi connectivity index (χ2v) is 8.42. The molecular formula is C25H19N3O3S. The molecule has 0 saturated heterocycles. The number of ether oxygens (including phenoxy) is 1. The van der Waals surface area contributed by atoms with Crippen molar-refractivity contribution in [3.63, 3.8) is 0 Å². The van der Waals surface area contributed by atoms with Crippen molar-refractivity contribution < 1.29 is 9.53 Å². The topological polar surface area (TPSA) is 72.7 Å². The number of para-hydroxylation sites is 2. The Bertz CT molecular complexity index is 1530. The number of fused-ring (bicyclic) bond motifs is 3. The third-order valence-corrected chi connectivity index (χ3v) is 6.00. The first kappa shape index (κ1) is 20.0. The summed E-state index contributed by atoms with van der Waals surface area (Å²) in [5, 5.41) is 2.80. The highest BCUT2D eigenvalue weighted by Crippen LogP contribution is 2.17. The number of aryl methyl sites for hydroxylation is 1. The predicted molar refractivity (Wildman–Crippen MR) is 127 cm³/mol. The summed E-state index contributed by atoms with van der Waals surface area (Å²) in [5.74, 6) is 0.352. The van der Waals surface area contributed by atoms with Gasteiger partial charge in [-0.2, -0.15) is 0 Å². The summed E-state index contributed by atoms with van der Waals surface area (Å²) in [6, 6.07) is 22.5. The number of imidazole rings is 1. The molecule has 0 aliphatic heterocycles. The van der Waals surface area contributed by atoms with Crippen LogP contribution in [-0.4, -0.2) is 21.9 Å². The summed E-state index contributed by atoms with van der Waals surface area (Å²) in [6.45, 7) is 1.91. The normalized spacial score (nSPS) is 11.8. The molecule has 0 fully saturated rings. The molecule has 0 bridgehead atoms. The van der Waals surface area contributed by atoms with Crippen LogP contribution in [0.15, 0.2) is 77.6 Å². The summed E-state index contributed by atoms with van der Waals surface area (Å²) in [4.78, 5) is 30.2. The number of anilines is 1. The maximum atomic E-state index is 12.9. The van der Waals surface area contributed by atoms with Gasteiger partial charge in [-0.25, -0.2) is 9.38 Å². The Kier molecular flexibility index (Phi) is 5.17. The van der Waals surface area contributed by atoms with Crippen LogP contribution in [0.3, 0.4) is 0 Å². The van der Waals surface area contributed by atoms with Crippen molar-refractivity contribution in [1.29, 1.82) is 0 Å². The first-order chi connectivity index (χ1) is 15.6. The number of hydrogen-bond acceptors (Lipinski definition) is 5. The number of carbonyl (C=O) groups excluding carboxylic acids is 1. The zero-order valence-electron chi connectivity index (χ0n) is 17.2. The minimum absolute atomic E-state index is 0.0770. The van der Waals surface area contributed by atoms with E-state index in [2.05, 4.69) is 10.3 Å². The summed E-state index contributed by atoms with van der Waals surface area (Å²) in [7, 11) is 0. The lowest BCUT2D eigenvalue weighted by molar-refractivity contribution is -0.118. The van der Waals surface area contributed by atoms with Crippen molar-refractivity contribution in [3.05, 3.63) is 98.8 Å². The van der Waals surface area contributed by atoms with Gasteiger partial charge in [0, 0.05) is 5.69 Å². The molecule has 3 aromatic carbocycles. The monoisotopic (exact) mass is 441 g/mol. The zero-order valence-corrected chi connectivity index (χ0v) is 18.1. The van der Waals surface area contributed by atoms with E-state index in [9.17, 15) is 9.59 Å². The number of benzene rings is 3. The van der Waals surface area contributed by atoms with E-state index in [4.69, 9.17) is 4.74 Å². The molecule has 0 spiro atoms. The number of hydrogen-bond donors (Lipinski definition) is 1. The van der Waals surface area contributed by atoms with E-state index in [1.165, 1.54) is 11.3 Å². The SMILES string of the molecule is Cc1ccc(NC(=O)COc2ccc(C=c3sc4nc5ccccc5n4c3=O)cc2)cc1. The Morgan fingerprint density at radius 2 is 1.81 bits per heavy atom. The molecule has 7 heteroatoms. The lowest BCUT2D eigenvalue weighted by atomic mass is 10.2. The molecule has 1 N–H and O–H groups in total. The smallest absolute Gasteiger partial charge is 0.274 e. The van der Waals surface area contributed by atoms with Crippen LogP contribution >= 0.6 is 11.3 Å². The van der Waals surface area contributed by atoms with Gasteiger partial charge in [0.2, 0.25) is 0 Å². The molecule has 2 heterocycles. The maximum Gasteiger partial charge on any atom is 0.274 e. The fourth-order valence-electron chi connectivity index (χ4n) is 3.41. The van der Waals surface area contributed by atoms with Crippen LogP contribution in [0.1, 0.15) is 11.1 Å². The minimum atomic E-state index is -0.227. The van der Waals surface area contributed by atoms with Gasteiger partial charge in [0.25, 0.3) is 11.5 Å². The standard InChI is InChI=1S/C25H19N3O3S/c1-16-6-10-18(11-7-16)26-23(29)15-31-19-12-8-17(9-13-19)14-22-24(30)28-21-5-3-2-4-20(21)27-25(28)32-22/h2-14H,15H2,1H3,(H,26,29). The number of rotatable bonds is 5. The van der Waals surface area contributed by atoms with Gasteiger partial charge in [0.15, 0.2) is 11.6 Å². The van der Waals surface area contributed by atoms with E-state index >= 15 is 0 Å². The number of nitrogens with one attached hydrogen (secondary N) is 1. The Balaban J connectivity index is 1.29. The molecule has 0 aliphatic carbocycles. The largest absolute Gasteiger partial charge is 0.484 e. The number of aromatic nitrogens is 2. The Labute approximate surface area is 187 Å². The van der Waals surface area contributed by atoms with Gasteiger partial charge in [-0.3, -0.25) is 9.59 Å². The third-order valence-electron chi connectivity index (χ3n) is 5.03. The van der Waals surface area contributed by atoms with Gasteiger partial charge in [-0.05, 0) is 55.0 Å². The molecule has 0 atom stereocenters. The Morgan fingerprint density at radius 1 is 1.06 bits per heavy atom. The summed E-state index contributed by atoms with van der Waals surface area (Å²) < 4.78 is 7.84. The Morgan fingerprint density at radius 3 is 2.59 bits per heavy atom. The Hall–Kier alpha value is -3.97. The average molecular weight is 442 g/mol. The molecule has 0 unspecified atom stereocenters. The van der Waals surface area contributed by atoms with Gasteiger partial charge < -0.3 is 10.1 Å². The van der Waals surface area contributed by atoms with E-state index < -0.39 is 0 Å². The van der Waals surface area contributed by atoms with E-state index in [1.54, 1.807) is 16.5 Å². The van der Waals surface area contributed by atoms with Crippen molar-refractivity contribution in [2.75, 3.05) is 11.9 Å². The van der Waals surface area contributed by atoms with Crippen LogP contribution in [0.2, 0.25) is 0 Å². The van der Waals surface area contributed by atoms with Crippen molar-refractivity contribution in [1.82, 2.24) is 9.38 Å². The fourth-order valence-corrected chi connectivity index (χ4v) is 4.39. The number of amides is 1. The molecule has 5 aromatic rings. The molecular weight excluding hydrogens is 422 g/mol. The van der Waals surface area contributed by atoms with E-state index in [0.717, 1.165) is 27.8 Å². The van der Waals surface area contributed by atoms with Crippen LogP contribution in [0, 0.1) is 6.92 Å². The van der Waals surface area contributed by atoms with Gasteiger partial charge >= 0.3 is 0 Å². The van der Waals surface area contributed by atoms with Crippen molar-refractivity contribution >= 4 is 45.0 Å². The highest BCUT2D eigenvalue weighted by molar-refractivity contribution is 7.15. The minimum Gasteiger partial charge on any atom is -0.484 e. The van der Waals surface area contributed by atoms with E-state index in [1.807, 2.05) is 73.7 Å². The first-order valence-electron chi connectivity index (χ1n) is 10.1. The van der Waals surface area contributed by atoms with Crippen LogP contribution in [0.25, 0.3) is 22.1 Å². The van der Waals surface area contributed by atoms with E-state index in [0.29, 0.717) is 15.2 Å². The van der Waals surface area contributed by atoms with Gasteiger partial charge in [0.1, 0.15) is 5.75 Å². The molecule has 6 nitrogen and oxygen atoms in total. The van der Waals surface area contributed by atoms with Crippen LogP contribution < -0.4 is 20.1 Å². The highest BCUT2D eigenvalue weighted by atomic mass is 32.1. The molecule has 158 valence electrons. The first-order valence-corrected chi connectivity index (χ1v) is 10.9. The molecule has 0 radical (unpaired) electrons. The van der Waals surface area contributed by atoms with Crippen molar-refractivity contribution in [2.24, 2.45) is 0 Å². The molecule has 32 heavy (non-hydrogen) atoms. The quantitative estimate of drug-likeness (QED) is 0.451. The van der Waals surface area contributed by atoms with Crippen LogP contribution in [-0.2, 0) is 4.79 Å². The van der Waals surface area contributed by atoms with Crippen LogP contribution in [0.4, 0.5) is 5.69 Å². The highest BCUT2D eigenvalue weighted by Gasteiger charge is 2.10. The average Bonchev–Trinajstić information content (AvgIpc) is 3.31. The molecule has 2 aromatic heterocycles. The van der Waals surface area contributed by atoms with Gasteiger partial charge in [0.05, 0.1) is 15.6 Å². The summed E-state index contributed by atoms with van der Waals surface area (Å²) >= 11 is 1.36. The fraction of sp³-hybridized carbons (Fsp3) is 0.0800. The third kappa shape index (κ3) is 3.98. The van der Waals surface area contributed by atoms with Crippen molar-refractivity contribution in [2.45, 2.75) is 6.92 Å². The van der Waals surface area contributed by atoms with Crippen LogP contribution in [0.5, 0.6) is 5.75 Å². The number of nitrogens with zero attached hydrogens (tertiary/aromatic N) is 2. The number of thiazole rings is 1. The molecule has 0 aliphatic rings. The van der Waals surface area contributed by atoms with Crippen molar-refractivity contribution in [3.8, 4) is 5.75 Å². The second-order valence-electron chi connectivity index (χ2n) is 7.41. The predicted octanol–water partition coefficient (Wildman–Crippen LogP) is 3.78. The summed E-state index contributed by atoms with van der Waals surface area (Å²) in [5.41, 5.74) is 4.29. The maximum absolute atomic E-state index is 12.9. The van der Waals surface area contributed by atoms with E-state index in [-0.39, 0.29) is 18.1 Å². The lowest BCUT2D eigenvalue weighted by Crippen LogP contribution is -2.22. The summed E-state index contributed by atoms with van der Waals surface area (Å²) in [6.07, 6.45) is 1.84. The molecule has 0 saturated carbocycles. The molecule has 1 amide bonds. The van der Waals surface area contributed by atoms with Gasteiger partial charge in [-0.15, -0.1) is 0 Å². The van der Waals surface area contributed by atoms with Gasteiger partial charge in [-0.1, -0.05) is 53.3 Å². The zero-order chi connectivity index (χ0) is 22.1. The lowest BCUT2D eigenvalue weighted by Gasteiger charge is -2.08. The number of carbonyl (C=O) groups is 1. The molecule has 5 rings (SSSR count). The second kappa shape index (κ2) is 8.28.